The van der Waals surface area contributed by atoms with Crippen molar-refractivity contribution in [1.82, 2.24) is 9.55 Å². The third kappa shape index (κ3) is 3.81. The van der Waals surface area contributed by atoms with E-state index < -0.39 is 5.97 Å². The minimum atomic E-state index is -1.02. The van der Waals surface area contributed by atoms with Crippen LogP contribution < -0.4 is 5.56 Å². The number of rotatable bonds is 6. The quantitative estimate of drug-likeness (QED) is 0.600. The highest BCUT2D eigenvalue weighted by Gasteiger charge is 2.08. The predicted molar refractivity (Wildman–Crippen MR) is 66.8 cm³/mol. The number of aromatic amines is 1. The summed E-state index contributed by atoms with van der Waals surface area (Å²) in [7, 11) is 0. The van der Waals surface area contributed by atoms with Crippen LogP contribution in [0.2, 0.25) is 0 Å². The summed E-state index contributed by atoms with van der Waals surface area (Å²) in [4.78, 5) is 25.3. The van der Waals surface area contributed by atoms with Crippen LogP contribution >= 0.6 is 12.2 Å². The molecule has 0 amide bonds. The Kier molecular flexibility index (Phi) is 5.09. The van der Waals surface area contributed by atoms with Gasteiger partial charge in [-0.05, 0) is 18.6 Å². The van der Waals surface area contributed by atoms with E-state index in [-0.39, 0.29) is 17.5 Å². The number of H-pyrrole nitrogens is 1. The summed E-state index contributed by atoms with van der Waals surface area (Å²) in [5, 5.41) is 8.68. The van der Waals surface area contributed by atoms with Gasteiger partial charge in [-0.3, -0.25) is 14.2 Å². The summed E-state index contributed by atoms with van der Waals surface area (Å²) in [6, 6.07) is 0. The van der Waals surface area contributed by atoms with Gasteiger partial charge in [-0.1, -0.05) is 19.8 Å². The molecule has 0 saturated carbocycles. The number of hydrogen-bond acceptors (Lipinski definition) is 3. The van der Waals surface area contributed by atoms with Crippen LogP contribution in [-0.4, -0.2) is 20.6 Å². The van der Waals surface area contributed by atoms with Gasteiger partial charge < -0.3 is 10.1 Å². The molecule has 0 unspecified atom stereocenters. The molecule has 5 nitrogen and oxygen atoms in total. The minimum Gasteiger partial charge on any atom is -0.481 e. The molecule has 0 aliphatic rings. The number of hydrogen-bond donors (Lipinski definition) is 2. The summed E-state index contributed by atoms with van der Waals surface area (Å²) >= 11 is 5.02. The lowest BCUT2D eigenvalue weighted by Gasteiger charge is -2.07. The fraction of sp³-hybridized carbons (Fsp3) is 0.545. The van der Waals surface area contributed by atoms with E-state index >= 15 is 0 Å². The van der Waals surface area contributed by atoms with E-state index in [1.165, 1.54) is 10.8 Å². The zero-order valence-electron chi connectivity index (χ0n) is 9.73. The number of carboxylic acids is 1. The van der Waals surface area contributed by atoms with Crippen molar-refractivity contribution in [1.29, 1.82) is 0 Å². The Hall–Kier alpha value is -1.43. The van der Waals surface area contributed by atoms with Crippen LogP contribution in [0.15, 0.2) is 11.0 Å². The molecule has 0 fully saturated rings. The van der Waals surface area contributed by atoms with Crippen molar-refractivity contribution in [2.24, 2.45) is 0 Å². The number of nitrogens with one attached hydrogen (secondary N) is 1. The van der Waals surface area contributed by atoms with Gasteiger partial charge in [0.25, 0.3) is 5.56 Å². The van der Waals surface area contributed by atoms with E-state index in [4.69, 9.17) is 17.3 Å². The van der Waals surface area contributed by atoms with Crippen LogP contribution in [0.4, 0.5) is 0 Å². The Bertz CT molecular complexity index is 504. The molecule has 0 spiro atoms. The molecular formula is C11H16N2O3S. The lowest BCUT2D eigenvalue weighted by Crippen LogP contribution is -2.26. The third-order valence-corrected chi connectivity index (χ3v) is 2.80. The summed E-state index contributed by atoms with van der Waals surface area (Å²) in [5.74, 6) is -1.02. The molecule has 0 aromatic carbocycles. The molecule has 94 valence electrons. The molecule has 0 atom stereocenters. The molecule has 1 rings (SSSR count). The van der Waals surface area contributed by atoms with Crippen LogP contribution in [0.3, 0.4) is 0 Å². The van der Waals surface area contributed by atoms with Gasteiger partial charge in [0, 0.05) is 18.3 Å². The molecule has 1 aromatic heterocycles. The van der Waals surface area contributed by atoms with Gasteiger partial charge in [-0.15, -0.1) is 0 Å². The molecular weight excluding hydrogens is 240 g/mol. The van der Waals surface area contributed by atoms with Crippen LogP contribution in [-0.2, 0) is 17.8 Å². The largest absolute Gasteiger partial charge is 0.481 e. The van der Waals surface area contributed by atoms with E-state index in [2.05, 4.69) is 11.9 Å². The molecule has 2 N–H and O–H groups in total. The lowest BCUT2D eigenvalue weighted by molar-refractivity contribution is -0.136. The Balaban J connectivity index is 2.99. The van der Waals surface area contributed by atoms with Gasteiger partial charge in [0.2, 0.25) is 0 Å². The maximum atomic E-state index is 11.9. The Morgan fingerprint density at radius 1 is 1.53 bits per heavy atom. The highest BCUT2D eigenvalue weighted by molar-refractivity contribution is 7.71. The van der Waals surface area contributed by atoms with Crippen molar-refractivity contribution in [2.75, 3.05) is 0 Å². The summed E-state index contributed by atoms with van der Waals surface area (Å²) < 4.78 is 1.78. The number of aliphatic carboxylic acids is 1. The van der Waals surface area contributed by atoms with Crippen LogP contribution in [0.25, 0.3) is 0 Å². The number of aromatic nitrogens is 2. The molecule has 1 heterocycles. The monoisotopic (exact) mass is 256 g/mol. The van der Waals surface area contributed by atoms with Crippen LogP contribution in [0.1, 0.15) is 31.7 Å². The van der Waals surface area contributed by atoms with Crippen molar-refractivity contribution in [2.45, 2.75) is 39.2 Å². The van der Waals surface area contributed by atoms with Crippen molar-refractivity contribution < 1.29 is 9.90 Å². The van der Waals surface area contributed by atoms with E-state index in [0.717, 1.165) is 19.3 Å². The number of unbranched alkanes of at least 4 members (excludes halogenated alkanes) is 2. The van der Waals surface area contributed by atoms with Gasteiger partial charge in [0.05, 0.1) is 6.42 Å². The first-order valence-corrected chi connectivity index (χ1v) is 6.00. The number of nitrogens with zero attached hydrogens (tertiary/aromatic N) is 1. The second kappa shape index (κ2) is 6.34. The van der Waals surface area contributed by atoms with E-state index in [1.807, 2.05) is 0 Å². The van der Waals surface area contributed by atoms with E-state index in [9.17, 15) is 9.59 Å². The van der Waals surface area contributed by atoms with Crippen molar-refractivity contribution >= 4 is 18.2 Å². The normalized spacial score (nSPS) is 10.4. The summed E-state index contributed by atoms with van der Waals surface area (Å²) in [5.41, 5.74) is -0.0603. The molecule has 6 heteroatoms. The summed E-state index contributed by atoms with van der Waals surface area (Å²) in [6.45, 7) is 2.61. The topological polar surface area (TPSA) is 75.1 Å². The Labute approximate surface area is 104 Å². The average molecular weight is 256 g/mol. The van der Waals surface area contributed by atoms with Gasteiger partial charge in [-0.25, -0.2) is 0 Å². The number of carboxylic acid groups (broad SMARTS) is 1. The lowest BCUT2D eigenvalue weighted by atomic mass is 10.2. The maximum Gasteiger partial charge on any atom is 0.308 e. The van der Waals surface area contributed by atoms with Crippen molar-refractivity contribution in [3.8, 4) is 0 Å². The molecule has 1 aromatic rings. The first-order valence-electron chi connectivity index (χ1n) is 5.59. The third-order valence-electron chi connectivity index (χ3n) is 2.46. The van der Waals surface area contributed by atoms with Crippen LogP contribution in [0, 0.1) is 4.77 Å². The van der Waals surface area contributed by atoms with E-state index in [1.54, 1.807) is 0 Å². The van der Waals surface area contributed by atoms with Crippen molar-refractivity contribution in [3.63, 3.8) is 0 Å². The van der Waals surface area contributed by atoms with Gasteiger partial charge in [-0.2, -0.15) is 0 Å². The molecule has 0 saturated heterocycles. The summed E-state index contributed by atoms with van der Waals surface area (Å²) in [6.07, 6.45) is 4.04. The molecule has 0 aliphatic heterocycles. The standard InChI is InChI=1S/C11H16N2O3S/c1-2-3-4-5-13-10(16)8(6-9(14)15)7-12-11(13)17/h7H,2-6H2,1H3,(H,12,17)(H,14,15). The Morgan fingerprint density at radius 2 is 2.24 bits per heavy atom. The smallest absolute Gasteiger partial charge is 0.308 e. The van der Waals surface area contributed by atoms with Gasteiger partial charge >= 0.3 is 5.97 Å². The molecule has 0 bridgehead atoms. The molecule has 0 aliphatic carbocycles. The number of carbonyl (C=O) groups is 1. The predicted octanol–water partition coefficient (Wildman–Crippen LogP) is 1.72. The second-order valence-electron chi connectivity index (χ2n) is 3.85. The van der Waals surface area contributed by atoms with Crippen LogP contribution in [0.5, 0.6) is 0 Å². The SMILES string of the molecule is CCCCCn1c(=S)[nH]cc(CC(=O)O)c1=O. The zero-order chi connectivity index (χ0) is 12.8. The second-order valence-corrected chi connectivity index (χ2v) is 4.24. The fourth-order valence-electron chi connectivity index (χ4n) is 1.57. The first-order chi connectivity index (χ1) is 8.06. The zero-order valence-corrected chi connectivity index (χ0v) is 10.5. The molecule has 0 radical (unpaired) electrons. The fourth-order valence-corrected chi connectivity index (χ4v) is 1.80. The van der Waals surface area contributed by atoms with Gasteiger partial charge in [0.15, 0.2) is 4.77 Å². The molecule has 17 heavy (non-hydrogen) atoms. The first kappa shape index (κ1) is 13.6. The maximum absolute atomic E-state index is 11.9. The minimum absolute atomic E-state index is 0.239. The van der Waals surface area contributed by atoms with Crippen molar-refractivity contribution in [3.05, 3.63) is 26.9 Å². The Morgan fingerprint density at radius 3 is 2.82 bits per heavy atom. The van der Waals surface area contributed by atoms with E-state index in [0.29, 0.717) is 11.3 Å². The highest BCUT2D eigenvalue weighted by Crippen LogP contribution is 1.99. The highest BCUT2D eigenvalue weighted by atomic mass is 32.1. The average Bonchev–Trinajstić information content (AvgIpc) is 2.27. The van der Waals surface area contributed by atoms with Gasteiger partial charge in [0.1, 0.15) is 0 Å².